The van der Waals surface area contributed by atoms with E-state index in [1.807, 2.05) is 36.1 Å². The van der Waals surface area contributed by atoms with Crippen LogP contribution in [0, 0.1) is 18.8 Å². The fraction of sp³-hybridized carbons (Fsp3) is 0.500. The van der Waals surface area contributed by atoms with Gasteiger partial charge in [0.1, 0.15) is 17.4 Å². The number of likely N-dealkylation sites (tertiary alicyclic amines) is 1. The number of fused-ring (bicyclic) bond motifs is 2. The van der Waals surface area contributed by atoms with Crippen LogP contribution in [-0.4, -0.2) is 54.2 Å². The molecule has 0 spiro atoms. The number of carbonyl (C=O) groups excluding carboxylic acids is 1. The highest BCUT2D eigenvalue weighted by Crippen LogP contribution is 2.37. The van der Waals surface area contributed by atoms with Gasteiger partial charge in [-0.3, -0.25) is 0 Å². The van der Waals surface area contributed by atoms with Gasteiger partial charge >= 0.3 is 6.03 Å². The van der Waals surface area contributed by atoms with E-state index in [4.69, 9.17) is 9.72 Å². The molecular formula is C22H27N5O2. The van der Waals surface area contributed by atoms with Crippen LogP contribution < -0.4 is 15.0 Å². The van der Waals surface area contributed by atoms with Crippen LogP contribution in [0.25, 0.3) is 0 Å². The number of anilines is 2. The lowest BCUT2D eigenvalue weighted by Gasteiger charge is -2.24. The van der Waals surface area contributed by atoms with Crippen molar-refractivity contribution in [2.24, 2.45) is 11.8 Å². The topological polar surface area (TPSA) is 70.6 Å². The van der Waals surface area contributed by atoms with Gasteiger partial charge in [-0.05, 0) is 38.3 Å². The standard InChI is InChI=1S/C22H27N5O2/c1-14-23-20-8-4-7-19(20)21(24-14)26-10-15-12-27(13-16(15)11-26)22(28)25-17-5-3-6-18(9-17)29-2/h3,5-6,9,15-16H,4,7-8,10-13H2,1-2H3,(H,25,28). The first-order valence-corrected chi connectivity index (χ1v) is 10.4. The van der Waals surface area contributed by atoms with Crippen molar-refractivity contribution in [1.29, 1.82) is 0 Å². The maximum atomic E-state index is 12.7. The first kappa shape index (κ1) is 18.2. The second-order valence-electron chi connectivity index (χ2n) is 8.37. The molecule has 1 aliphatic carbocycles. The Labute approximate surface area is 171 Å². The Hall–Kier alpha value is -2.83. The van der Waals surface area contributed by atoms with Crippen molar-refractivity contribution in [3.63, 3.8) is 0 Å². The second-order valence-corrected chi connectivity index (χ2v) is 8.37. The second kappa shape index (κ2) is 7.21. The van der Waals surface area contributed by atoms with E-state index in [1.165, 1.54) is 17.7 Å². The van der Waals surface area contributed by atoms with Crippen LogP contribution in [0.5, 0.6) is 5.75 Å². The zero-order chi connectivity index (χ0) is 20.0. The predicted octanol–water partition coefficient (Wildman–Crippen LogP) is 2.88. The summed E-state index contributed by atoms with van der Waals surface area (Å²) in [5, 5.41) is 3.00. The lowest BCUT2D eigenvalue weighted by Crippen LogP contribution is -2.36. The number of hydrogen-bond acceptors (Lipinski definition) is 5. The quantitative estimate of drug-likeness (QED) is 0.868. The molecule has 1 aromatic carbocycles. The summed E-state index contributed by atoms with van der Waals surface area (Å²) in [4.78, 5) is 26.5. The van der Waals surface area contributed by atoms with E-state index in [2.05, 4.69) is 15.2 Å². The van der Waals surface area contributed by atoms with E-state index in [9.17, 15) is 4.79 Å². The van der Waals surface area contributed by atoms with Crippen molar-refractivity contribution in [1.82, 2.24) is 14.9 Å². The molecule has 2 unspecified atom stereocenters. The average molecular weight is 393 g/mol. The van der Waals surface area contributed by atoms with Crippen LogP contribution >= 0.6 is 0 Å². The molecule has 0 radical (unpaired) electrons. The summed E-state index contributed by atoms with van der Waals surface area (Å²) >= 11 is 0. The molecule has 0 bridgehead atoms. The highest BCUT2D eigenvalue weighted by atomic mass is 16.5. The van der Waals surface area contributed by atoms with Gasteiger partial charge in [0, 0.05) is 61.0 Å². The summed E-state index contributed by atoms with van der Waals surface area (Å²) in [6.07, 6.45) is 3.34. The van der Waals surface area contributed by atoms with E-state index in [1.54, 1.807) is 7.11 Å². The van der Waals surface area contributed by atoms with E-state index in [-0.39, 0.29) is 6.03 Å². The van der Waals surface area contributed by atoms with Crippen molar-refractivity contribution in [2.45, 2.75) is 26.2 Å². The molecule has 2 aliphatic heterocycles. The van der Waals surface area contributed by atoms with Crippen LogP contribution in [0.3, 0.4) is 0 Å². The number of nitrogens with one attached hydrogen (secondary N) is 1. The maximum Gasteiger partial charge on any atom is 0.321 e. The van der Waals surface area contributed by atoms with Crippen LogP contribution in [-0.2, 0) is 12.8 Å². The third kappa shape index (κ3) is 3.39. The molecule has 1 N–H and O–H groups in total. The molecule has 2 amide bonds. The third-order valence-electron chi connectivity index (χ3n) is 6.42. The third-order valence-corrected chi connectivity index (χ3v) is 6.42. The summed E-state index contributed by atoms with van der Waals surface area (Å²) in [6.45, 7) is 5.52. The van der Waals surface area contributed by atoms with Gasteiger partial charge in [-0.1, -0.05) is 6.07 Å². The predicted molar refractivity (Wildman–Crippen MR) is 112 cm³/mol. The molecule has 2 saturated heterocycles. The first-order valence-electron chi connectivity index (χ1n) is 10.4. The largest absolute Gasteiger partial charge is 0.497 e. The number of hydrogen-bond donors (Lipinski definition) is 1. The molecule has 2 aromatic rings. The lowest BCUT2D eigenvalue weighted by molar-refractivity contribution is 0.219. The number of carbonyl (C=O) groups is 1. The normalized spacial score (nSPS) is 22.6. The van der Waals surface area contributed by atoms with Crippen molar-refractivity contribution in [2.75, 3.05) is 43.5 Å². The smallest absolute Gasteiger partial charge is 0.321 e. The zero-order valence-electron chi connectivity index (χ0n) is 17.0. The maximum absolute atomic E-state index is 12.7. The van der Waals surface area contributed by atoms with Gasteiger partial charge in [-0.25, -0.2) is 14.8 Å². The molecule has 7 heteroatoms. The molecule has 5 rings (SSSR count). The number of ether oxygens (including phenoxy) is 1. The Balaban J connectivity index is 1.24. The van der Waals surface area contributed by atoms with Crippen LogP contribution in [0.1, 0.15) is 23.5 Å². The Kier molecular flexibility index (Phi) is 4.53. The van der Waals surface area contributed by atoms with Crippen LogP contribution in [0.2, 0.25) is 0 Å². The van der Waals surface area contributed by atoms with Crippen molar-refractivity contribution in [3.05, 3.63) is 41.3 Å². The highest BCUT2D eigenvalue weighted by Gasteiger charge is 2.42. The Morgan fingerprint density at radius 1 is 1.14 bits per heavy atom. The number of aromatic nitrogens is 2. The van der Waals surface area contributed by atoms with Crippen molar-refractivity contribution in [3.8, 4) is 5.75 Å². The van der Waals surface area contributed by atoms with Crippen LogP contribution in [0.4, 0.5) is 16.3 Å². The highest BCUT2D eigenvalue weighted by molar-refractivity contribution is 5.89. The van der Waals surface area contributed by atoms with E-state index >= 15 is 0 Å². The molecule has 3 heterocycles. The summed E-state index contributed by atoms with van der Waals surface area (Å²) in [5.41, 5.74) is 3.35. The van der Waals surface area contributed by atoms with Gasteiger partial charge in [-0.2, -0.15) is 0 Å². The molecule has 152 valence electrons. The minimum Gasteiger partial charge on any atom is -0.497 e. The number of methoxy groups -OCH3 is 1. The molecule has 3 aliphatic rings. The summed E-state index contributed by atoms with van der Waals surface area (Å²) in [5.74, 6) is 3.75. The summed E-state index contributed by atoms with van der Waals surface area (Å²) in [6, 6.07) is 7.45. The number of urea groups is 1. The van der Waals surface area contributed by atoms with Gasteiger partial charge in [0.25, 0.3) is 0 Å². The van der Waals surface area contributed by atoms with E-state index in [0.29, 0.717) is 11.8 Å². The number of aryl methyl sites for hydroxylation is 2. The van der Waals surface area contributed by atoms with E-state index in [0.717, 1.165) is 62.1 Å². The number of amides is 2. The van der Waals surface area contributed by atoms with Gasteiger partial charge in [0.2, 0.25) is 0 Å². The fourth-order valence-electron chi connectivity index (χ4n) is 5.03. The van der Waals surface area contributed by atoms with Gasteiger partial charge in [-0.15, -0.1) is 0 Å². The van der Waals surface area contributed by atoms with Crippen molar-refractivity contribution >= 4 is 17.5 Å². The average Bonchev–Trinajstić information content (AvgIpc) is 3.41. The minimum atomic E-state index is -0.0297. The molecule has 0 saturated carbocycles. The molecule has 29 heavy (non-hydrogen) atoms. The number of benzene rings is 1. The molecule has 2 atom stereocenters. The Bertz CT molecular complexity index is 933. The molecule has 7 nitrogen and oxygen atoms in total. The Morgan fingerprint density at radius 2 is 1.93 bits per heavy atom. The lowest BCUT2D eigenvalue weighted by atomic mass is 10.0. The molecule has 2 fully saturated rings. The fourth-order valence-corrected chi connectivity index (χ4v) is 5.03. The number of rotatable bonds is 3. The number of nitrogens with zero attached hydrogens (tertiary/aromatic N) is 4. The zero-order valence-corrected chi connectivity index (χ0v) is 17.0. The SMILES string of the molecule is COc1cccc(NC(=O)N2CC3CN(c4nc(C)nc5c4CCC5)CC3C2)c1. The summed E-state index contributed by atoms with van der Waals surface area (Å²) in [7, 11) is 1.63. The van der Waals surface area contributed by atoms with Gasteiger partial charge in [0.15, 0.2) is 0 Å². The molecular weight excluding hydrogens is 366 g/mol. The monoisotopic (exact) mass is 393 g/mol. The van der Waals surface area contributed by atoms with Gasteiger partial charge < -0.3 is 19.9 Å². The van der Waals surface area contributed by atoms with Crippen molar-refractivity contribution < 1.29 is 9.53 Å². The van der Waals surface area contributed by atoms with Crippen LogP contribution in [0.15, 0.2) is 24.3 Å². The Morgan fingerprint density at radius 3 is 2.69 bits per heavy atom. The van der Waals surface area contributed by atoms with E-state index < -0.39 is 0 Å². The minimum absolute atomic E-state index is 0.0297. The van der Waals surface area contributed by atoms with Gasteiger partial charge in [0.05, 0.1) is 7.11 Å². The first-order chi connectivity index (χ1) is 14.1. The molecule has 1 aromatic heterocycles. The summed E-state index contributed by atoms with van der Waals surface area (Å²) < 4.78 is 5.24.